The number of carbonyl (C=O) groups excluding carboxylic acids is 6. The van der Waals surface area contributed by atoms with Crippen molar-refractivity contribution in [3.05, 3.63) is 117 Å². The number of ketones is 4. The Bertz CT molecular complexity index is 2230. The van der Waals surface area contributed by atoms with Gasteiger partial charge in [0.2, 0.25) is 0 Å². The van der Waals surface area contributed by atoms with Crippen LogP contribution in [0.25, 0.3) is 0 Å². The van der Waals surface area contributed by atoms with Gasteiger partial charge in [-0.3, -0.25) is 38.4 Å². The molecule has 64 heavy (non-hydrogen) atoms. The number of rotatable bonds is 20. The maximum atomic E-state index is 13.2. The summed E-state index contributed by atoms with van der Waals surface area (Å²) in [6.45, 7) is 0.481. The Morgan fingerprint density at radius 2 is 0.656 bits per heavy atom. The van der Waals surface area contributed by atoms with Crippen LogP contribution in [-0.4, -0.2) is 103 Å². The molecule has 0 unspecified atom stereocenters. The molecule has 0 bridgehead atoms. The van der Waals surface area contributed by atoms with Gasteiger partial charge < -0.3 is 44.1 Å². The fourth-order valence-electron chi connectivity index (χ4n) is 6.62. The van der Waals surface area contributed by atoms with Gasteiger partial charge in [0, 0.05) is 47.9 Å². The van der Waals surface area contributed by atoms with E-state index in [-0.39, 0.29) is 213 Å². The van der Waals surface area contributed by atoms with E-state index >= 15 is 0 Å². The molecule has 3 N–H and O–H groups in total. The quantitative estimate of drug-likeness (QED) is 0.0634. The standard InChI is InChI=1S/C24H24O8.C22H20O8.K.H2O/c1-29-19(25)9-5-13-31-17-11-12-18(32-14-6-10-20(26)30-2)22-21(17)23(27)15-7-3-4-8-16(15)24(22)28;23-17(24)7-3-11-29-15-9-10-16(30-12-4-8-18(25)26)20-19(15)21(27)13-5-1-2-6-14(13)22(20)28;;/h3-4,7-8,11-12H,5-6,9-10,13-14H2,1-2H3;1-2,5-6,9-10H,3-4,7-8,11-12H2,(H,23,24)(H,25,26);;1H2/q;;+1;/p-1. The number of hydrogen-bond donors (Lipinski definition) is 2. The smallest absolute Gasteiger partial charge is 0.870 e. The van der Waals surface area contributed by atoms with E-state index in [1.807, 2.05) is 0 Å². The van der Waals surface area contributed by atoms with Crippen molar-refractivity contribution in [2.24, 2.45) is 0 Å². The molecule has 4 aromatic carbocycles. The van der Waals surface area contributed by atoms with E-state index in [1.165, 1.54) is 26.4 Å². The molecule has 2 aliphatic carbocycles. The van der Waals surface area contributed by atoms with Crippen molar-refractivity contribution < 1.29 is 134 Å². The molecule has 0 aromatic heterocycles. The zero-order chi connectivity index (χ0) is 44.8. The van der Waals surface area contributed by atoms with Crippen LogP contribution < -0.4 is 70.3 Å². The third-order valence-corrected chi connectivity index (χ3v) is 9.60. The summed E-state index contributed by atoms with van der Waals surface area (Å²) >= 11 is 0. The van der Waals surface area contributed by atoms with E-state index in [0.29, 0.717) is 24.0 Å². The van der Waals surface area contributed by atoms with Gasteiger partial charge >= 0.3 is 75.3 Å². The number of ether oxygens (including phenoxy) is 6. The predicted octanol–water partition coefficient (Wildman–Crippen LogP) is 2.90. The summed E-state index contributed by atoms with van der Waals surface area (Å²) in [6.07, 6.45) is 1.47. The number of aliphatic carboxylic acids is 2. The summed E-state index contributed by atoms with van der Waals surface area (Å²) in [6, 6.07) is 19.2. The maximum Gasteiger partial charge on any atom is 1.00 e. The summed E-state index contributed by atoms with van der Waals surface area (Å²) in [5, 5.41) is 17.5. The van der Waals surface area contributed by atoms with Crippen LogP contribution in [0.15, 0.2) is 72.8 Å². The topological polar surface area (TPSA) is 262 Å². The molecular weight excluding hydrogens is 864 g/mol. The Labute approximate surface area is 410 Å². The molecule has 0 fully saturated rings. The number of esters is 2. The normalized spacial score (nSPS) is 11.7. The fraction of sp³-hybridized carbons (Fsp3) is 0.304. The van der Waals surface area contributed by atoms with Gasteiger partial charge in [-0.15, -0.1) is 0 Å². The summed E-state index contributed by atoms with van der Waals surface area (Å²) < 4.78 is 32.0. The van der Waals surface area contributed by atoms with Gasteiger partial charge in [0.25, 0.3) is 0 Å². The van der Waals surface area contributed by atoms with Gasteiger partial charge in [-0.25, -0.2) is 0 Å². The summed E-state index contributed by atoms with van der Waals surface area (Å²) in [7, 11) is 2.62. The van der Waals surface area contributed by atoms with Gasteiger partial charge in [0.1, 0.15) is 23.0 Å². The molecule has 332 valence electrons. The molecule has 2 aliphatic rings. The minimum Gasteiger partial charge on any atom is -0.870 e. The zero-order valence-electron chi connectivity index (χ0n) is 35.5. The Kier molecular flexibility index (Phi) is 21.0. The van der Waals surface area contributed by atoms with Crippen molar-refractivity contribution in [1.29, 1.82) is 0 Å². The molecule has 4 aromatic rings. The first-order valence-electron chi connectivity index (χ1n) is 19.7. The molecule has 0 heterocycles. The van der Waals surface area contributed by atoms with Crippen LogP contribution in [-0.2, 0) is 28.7 Å². The van der Waals surface area contributed by atoms with Gasteiger partial charge in [0.05, 0.1) is 62.9 Å². The molecule has 0 saturated heterocycles. The summed E-state index contributed by atoms with van der Waals surface area (Å²) in [5.41, 5.74) is 1.53. The molecule has 0 amide bonds. The van der Waals surface area contributed by atoms with Crippen molar-refractivity contribution in [1.82, 2.24) is 0 Å². The SMILES string of the molecule is COC(=O)CCCOc1ccc(OCCCC(=O)OC)c2c1C(=O)c1ccccc1C2=O.O=C(O)CCCOc1ccc(OCCCC(=O)O)c2c1C(=O)c1ccccc1C2=O.[K+].[OH-]. The minimum atomic E-state index is -0.953. The number of carboxylic acid groups (broad SMARTS) is 2. The van der Waals surface area contributed by atoms with E-state index in [0.717, 1.165) is 0 Å². The molecular formula is C46H45KO17. The van der Waals surface area contributed by atoms with Crippen molar-refractivity contribution in [3.63, 3.8) is 0 Å². The average molecular weight is 909 g/mol. The van der Waals surface area contributed by atoms with Crippen LogP contribution in [0, 0.1) is 0 Å². The molecule has 6 rings (SSSR count). The first kappa shape index (κ1) is 52.6. The van der Waals surface area contributed by atoms with Crippen molar-refractivity contribution in [2.75, 3.05) is 40.6 Å². The largest absolute Gasteiger partial charge is 1.00 e. The number of hydrogen-bond acceptors (Lipinski definition) is 15. The number of carbonyl (C=O) groups is 8. The first-order valence-corrected chi connectivity index (χ1v) is 19.7. The van der Waals surface area contributed by atoms with Gasteiger partial charge in [0.15, 0.2) is 23.1 Å². The summed E-state index contributed by atoms with van der Waals surface area (Å²) in [4.78, 5) is 96.7. The van der Waals surface area contributed by atoms with Crippen LogP contribution in [0.2, 0.25) is 0 Å². The van der Waals surface area contributed by atoms with Crippen LogP contribution in [0.5, 0.6) is 23.0 Å². The van der Waals surface area contributed by atoms with Crippen LogP contribution in [0.4, 0.5) is 0 Å². The van der Waals surface area contributed by atoms with Crippen LogP contribution in [0.1, 0.15) is 115 Å². The first-order chi connectivity index (χ1) is 29.9. The Hall–Kier alpha value is -5.76. The second-order valence-electron chi connectivity index (χ2n) is 13.8. The average Bonchev–Trinajstić information content (AvgIpc) is 3.27. The number of benzene rings is 4. The monoisotopic (exact) mass is 908 g/mol. The molecule has 0 spiro atoms. The number of methoxy groups -OCH3 is 2. The third kappa shape index (κ3) is 13.1. The predicted molar refractivity (Wildman–Crippen MR) is 220 cm³/mol. The van der Waals surface area contributed by atoms with Gasteiger partial charge in [-0.2, -0.15) is 0 Å². The number of carboxylic acids is 2. The molecule has 0 aliphatic heterocycles. The van der Waals surface area contributed by atoms with Gasteiger partial charge in [-0.1, -0.05) is 48.5 Å². The van der Waals surface area contributed by atoms with Crippen LogP contribution in [0.3, 0.4) is 0 Å². The van der Waals surface area contributed by atoms with E-state index in [1.54, 1.807) is 60.7 Å². The third-order valence-electron chi connectivity index (χ3n) is 9.60. The second kappa shape index (κ2) is 25.5. The maximum absolute atomic E-state index is 13.2. The zero-order valence-corrected chi connectivity index (χ0v) is 38.6. The van der Waals surface area contributed by atoms with Crippen molar-refractivity contribution >= 4 is 47.0 Å². The Morgan fingerprint density at radius 1 is 0.422 bits per heavy atom. The Morgan fingerprint density at radius 3 is 0.875 bits per heavy atom. The van der Waals surface area contributed by atoms with E-state index < -0.39 is 11.9 Å². The minimum absolute atomic E-state index is 0. The van der Waals surface area contributed by atoms with Crippen molar-refractivity contribution in [2.45, 2.75) is 51.4 Å². The van der Waals surface area contributed by atoms with Gasteiger partial charge in [-0.05, 0) is 49.9 Å². The van der Waals surface area contributed by atoms with Crippen molar-refractivity contribution in [3.8, 4) is 23.0 Å². The molecule has 0 radical (unpaired) electrons. The molecule has 17 nitrogen and oxygen atoms in total. The fourth-order valence-corrected chi connectivity index (χ4v) is 6.62. The second-order valence-corrected chi connectivity index (χ2v) is 13.8. The van der Waals surface area contributed by atoms with E-state index in [2.05, 4.69) is 9.47 Å². The summed E-state index contributed by atoms with van der Waals surface area (Å²) in [5.74, 6) is -3.19. The molecule has 0 atom stereocenters. The number of fused-ring (bicyclic) bond motifs is 4. The Balaban J connectivity index is 0.000000331. The van der Waals surface area contributed by atoms with E-state index in [9.17, 15) is 38.4 Å². The molecule has 0 saturated carbocycles. The molecule has 18 heteroatoms. The van der Waals surface area contributed by atoms with Crippen LogP contribution >= 0.6 is 0 Å². The van der Waals surface area contributed by atoms with E-state index in [4.69, 9.17) is 29.2 Å².